The zero-order valence-electron chi connectivity index (χ0n) is 18.2. The number of likely N-dealkylation sites (tertiary alicyclic amines) is 1. The number of halogens is 1. The number of rotatable bonds is 8. The van der Waals surface area contributed by atoms with Gasteiger partial charge in [0.2, 0.25) is 5.88 Å². The number of hydrogen-bond donors (Lipinski definition) is 1. The molecular weight excluding hydrogens is 427 g/mol. The van der Waals surface area contributed by atoms with Crippen LogP contribution < -0.4 is 14.9 Å². The highest BCUT2D eigenvalue weighted by Crippen LogP contribution is 2.20. The number of carbonyl (C=O) groups excluding carboxylic acids is 1. The Hall–Kier alpha value is -3.92. The number of benzene rings is 1. The number of aromatic nitrogens is 3. The van der Waals surface area contributed by atoms with Crippen LogP contribution in [0.2, 0.25) is 0 Å². The summed E-state index contributed by atoms with van der Waals surface area (Å²) in [6.07, 6.45) is 5.75. The van der Waals surface area contributed by atoms with E-state index in [-0.39, 0.29) is 17.4 Å². The normalized spacial score (nSPS) is 14.2. The molecule has 3 aromatic rings. The molecule has 3 heterocycles. The van der Waals surface area contributed by atoms with Gasteiger partial charge in [-0.2, -0.15) is 5.10 Å². The molecule has 0 spiro atoms. The second-order valence-electron chi connectivity index (χ2n) is 7.45. The molecule has 9 nitrogen and oxygen atoms in total. The summed E-state index contributed by atoms with van der Waals surface area (Å²) in [4.78, 5) is 27.1. The van der Waals surface area contributed by atoms with Crippen LogP contribution in [0.5, 0.6) is 11.6 Å². The second kappa shape index (κ2) is 10.1. The lowest BCUT2D eigenvalue weighted by Crippen LogP contribution is -2.51. The molecule has 0 bridgehead atoms. The molecule has 0 saturated carbocycles. The Morgan fingerprint density at radius 3 is 2.85 bits per heavy atom. The van der Waals surface area contributed by atoms with Crippen LogP contribution in [-0.4, -0.2) is 64.8 Å². The first-order valence-electron chi connectivity index (χ1n) is 10.4. The molecule has 10 heteroatoms. The maximum atomic E-state index is 14.1. The van der Waals surface area contributed by atoms with Crippen molar-refractivity contribution < 1.29 is 18.7 Å². The first kappa shape index (κ1) is 22.3. The standard InChI is InChI=1S/C23H23FN6O3/c1-3-32-22-7-4-15(9-26-22)20-11-25-12-21(28-20)23(31)29-27-10-16-8-17(5-6-19(16)24)33-18-13-30(2)14-18/h4-12,18H,3,13-14H2,1-2H3,(H,29,31)/b27-10+. The van der Waals surface area contributed by atoms with Gasteiger partial charge in [-0.25, -0.2) is 19.8 Å². The molecule has 1 amide bonds. The van der Waals surface area contributed by atoms with Crippen LogP contribution >= 0.6 is 0 Å². The predicted octanol–water partition coefficient (Wildman–Crippen LogP) is 2.53. The van der Waals surface area contributed by atoms with E-state index in [1.165, 1.54) is 24.7 Å². The summed E-state index contributed by atoms with van der Waals surface area (Å²) in [5, 5.41) is 3.85. The minimum absolute atomic E-state index is 0.0604. The van der Waals surface area contributed by atoms with Gasteiger partial charge in [0.1, 0.15) is 23.4 Å². The molecule has 1 fully saturated rings. The van der Waals surface area contributed by atoms with Crippen LogP contribution in [-0.2, 0) is 0 Å². The third-order valence-corrected chi connectivity index (χ3v) is 4.86. The number of nitrogens with zero attached hydrogens (tertiary/aromatic N) is 5. The molecule has 1 aliphatic rings. The lowest BCUT2D eigenvalue weighted by atomic mass is 10.2. The van der Waals surface area contributed by atoms with Crippen molar-refractivity contribution in [2.24, 2.45) is 5.10 Å². The average molecular weight is 450 g/mol. The van der Waals surface area contributed by atoms with Gasteiger partial charge in [-0.1, -0.05) is 0 Å². The minimum atomic E-state index is -0.579. The Bertz CT molecular complexity index is 1150. The van der Waals surface area contributed by atoms with Gasteiger partial charge in [0.25, 0.3) is 5.91 Å². The first-order chi connectivity index (χ1) is 16.0. The lowest BCUT2D eigenvalue weighted by molar-refractivity contribution is 0.0388. The van der Waals surface area contributed by atoms with E-state index in [0.29, 0.717) is 29.5 Å². The molecule has 0 atom stereocenters. The zero-order chi connectivity index (χ0) is 23.2. The topological polar surface area (TPSA) is 102 Å². The zero-order valence-corrected chi connectivity index (χ0v) is 18.2. The molecule has 170 valence electrons. The number of nitrogens with one attached hydrogen (secondary N) is 1. The minimum Gasteiger partial charge on any atom is -0.488 e. The van der Waals surface area contributed by atoms with Crippen molar-refractivity contribution in [1.82, 2.24) is 25.3 Å². The Kier molecular flexibility index (Phi) is 6.84. The van der Waals surface area contributed by atoms with Crippen LogP contribution in [0.3, 0.4) is 0 Å². The molecule has 0 radical (unpaired) electrons. The van der Waals surface area contributed by atoms with E-state index in [2.05, 4.69) is 30.4 Å². The number of amides is 1. The van der Waals surface area contributed by atoms with Gasteiger partial charge in [-0.15, -0.1) is 0 Å². The molecule has 2 aromatic heterocycles. The van der Waals surface area contributed by atoms with Gasteiger partial charge < -0.3 is 9.47 Å². The summed E-state index contributed by atoms with van der Waals surface area (Å²) in [6.45, 7) is 4.04. The highest BCUT2D eigenvalue weighted by molar-refractivity contribution is 5.93. The highest BCUT2D eigenvalue weighted by atomic mass is 19.1. The fraction of sp³-hybridized carbons (Fsp3) is 0.261. The summed E-state index contributed by atoms with van der Waals surface area (Å²) in [6, 6.07) is 7.91. The maximum Gasteiger partial charge on any atom is 0.291 e. The Morgan fingerprint density at radius 1 is 1.27 bits per heavy atom. The van der Waals surface area contributed by atoms with Gasteiger partial charge in [0, 0.05) is 36.5 Å². The maximum absolute atomic E-state index is 14.1. The number of carbonyl (C=O) groups is 1. The summed E-state index contributed by atoms with van der Waals surface area (Å²) in [5.74, 6) is -0.00958. The van der Waals surface area contributed by atoms with E-state index in [4.69, 9.17) is 9.47 Å². The number of hydrogen-bond acceptors (Lipinski definition) is 8. The van der Waals surface area contributed by atoms with E-state index in [1.807, 2.05) is 14.0 Å². The summed E-state index contributed by atoms with van der Waals surface area (Å²) >= 11 is 0. The van der Waals surface area contributed by atoms with Crippen LogP contribution in [0.25, 0.3) is 11.3 Å². The van der Waals surface area contributed by atoms with Crippen molar-refractivity contribution in [1.29, 1.82) is 0 Å². The third kappa shape index (κ3) is 5.66. The molecular formula is C23H23FN6O3. The molecule has 0 unspecified atom stereocenters. The Balaban J connectivity index is 1.40. The van der Waals surface area contributed by atoms with E-state index in [9.17, 15) is 9.18 Å². The predicted molar refractivity (Wildman–Crippen MR) is 120 cm³/mol. The quantitative estimate of drug-likeness (QED) is 0.416. The van der Waals surface area contributed by atoms with Gasteiger partial charge in [0.15, 0.2) is 0 Å². The van der Waals surface area contributed by atoms with Crippen LogP contribution in [0.15, 0.2) is 54.0 Å². The van der Waals surface area contributed by atoms with E-state index in [1.54, 1.807) is 30.5 Å². The van der Waals surface area contributed by atoms with Crippen molar-refractivity contribution >= 4 is 12.1 Å². The molecule has 1 N–H and O–H groups in total. The summed E-state index contributed by atoms with van der Waals surface area (Å²) in [5.41, 5.74) is 3.75. The van der Waals surface area contributed by atoms with Crippen LogP contribution in [0.1, 0.15) is 23.0 Å². The fourth-order valence-corrected chi connectivity index (χ4v) is 3.20. The SMILES string of the molecule is CCOc1ccc(-c2cncc(C(=O)N/N=C/c3cc(OC4CN(C)C4)ccc3F)n2)cn1. The van der Waals surface area contributed by atoms with Crippen molar-refractivity contribution in [3.8, 4) is 22.9 Å². The monoisotopic (exact) mass is 450 g/mol. The van der Waals surface area contributed by atoms with Crippen LogP contribution in [0.4, 0.5) is 4.39 Å². The Labute approximate surface area is 190 Å². The summed E-state index contributed by atoms with van der Waals surface area (Å²) < 4.78 is 25.2. The smallest absolute Gasteiger partial charge is 0.291 e. The molecule has 1 saturated heterocycles. The highest BCUT2D eigenvalue weighted by Gasteiger charge is 2.24. The molecule has 4 rings (SSSR count). The number of ether oxygens (including phenoxy) is 2. The second-order valence-corrected chi connectivity index (χ2v) is 7.45. The molecule has 1 aromatic carbocycles. The van der Waals surface area contributed by atoms with Crippen molar-refractivity contribution in [3.05, 3.63) is 66.0 Å². The molecule has 0 aliphatic carbocycles. The fourth-order valence-electron chi connectivity index (χ4n) is 3.20. The third-order valence-electron chi connectivity index (χ3n) is 4.86. The molecule has 1 aliphatic heterocycles. The average Bonchev–Trinajstić information content (AvgIpc) is 2.81. The largest absolute Gasteiger partial charge is 0.488 e. The van der Waals surface area contributed by atoms with Crippen molar-refractivity contribution in [3.63, 3.8) is 0 Å². The molecule has 33 heavy (non-hydrogen) atoms. The van der Waals surface area contributed by atoms with E-state index >= 15 is 0 Å². The van der Waals surface area contributed by atoms with E-state index in [0.717, 1.165) is 13.1 Å². The van der Waals surface area contributed by atoms with Crippen molar-refractivity contribution in [2.75, 3.05) is 26.7 Å². The Morgan fingerprint density at radius 2 is 2.12 bits per heavy atom. The number of pyridine rings is 1. The lowest BCUT2D eigenvalue weighted by Gasteiger charge is -2.36. The van der Waals surface area contributed by atoms with E-state index < -0.39 is 11.7 Å². The van der Waals surface area contributed by atoms with Gasteiger partial charge in [0.05, 0.1) is 30.9 Å². The van der Waals surface area contributed by atoms with Crippen molar-refractivity contribution in [2.45, 2.75) is 13.0 Å². The van der Waals surface area contributed by atoms with Gasteiger partial charge >= 0.3 is 0 Å². The van der Waals surface area contributed by atoms with Crippen LogP contribution in [0, 0.1) is 5.82 Å². The number of hydrazone groups is 1. The number of likely N-dealkylation sites (N-methyl/N-ethyl adjacent to an activating group) is 1. The van der Waals surface area contributed by atoms with Gasteiger partial charge in [-0.3, -0.25) is 14.7 Å². The first-order valence-corrected chi connectivity index (χ1v) is 10.4. The summed E-state index contributed by atoms with van der Waals surface area (Å²) in [7, 11) is 2.00. The van der Waals surface area contributed by atoms with Gasteiger partial charge in [-0.05, 0) is 38.2 Å².